The Bertz CT molecular complexity index is 396. The van der Waals surface area contributed by atoms with Crippen LogP contribution < -0.4 is 4.90 Å². The molecule has 0 saturated heterocycles. The first-order valence-electron chi connectivity index (χ1n) is 6.33. The van der Waals surface area contributed by atoms with Gasteiger partial charge < -0.3 is 10.0 Å². The number of nitrogens with zero attached hydrogens (tertiary/aromatic N) is 1. The third-order valence-corrected chi connectivity index (χ3v) is 4.04. The minimum atomic E-state index is -0.353. The molecule has 16 heavy (non-hydrogen) atoms. The lowest BCUT2D eigenvalue weighted by atomic mass is 9.91. The van der Waals surface area contributed by atoms with Crippen LogP contribution in [0, 0.1) is 0 Å². The zero-order valence-corrected chi connectivity index (χ0v) is 9.82. The zero-order valence-electron chi connectivity index (χ0n) is 9.82. The van der Waals surface area contributed by atoms with E-state index in [9.17, 15) is 5.11 Å². The van der Waals surface area contributed by atoms with Gasteiger partial charge in [-0.15, -0.1) is 0 Å². The molecule has 0 bridgehead atoms. The molecule has 86 valence electrons. The van der Waals surface area contributed by atoms with E-state index in [1.807, 2.05) is 6.92 Å². The second-order valence-corrected chi connectivity index (χ2v) is 5.09. The van der Waals surface area contributed by atoms with Crippen LogP contribution in [0.2, 0.25) is 0 Å². The van der Waals surface area contributed by atoms with Gasteiger partial charge in [-0.05, 0) is 49.8 Å². The zero-order chi connectivity index (χ0) is 11.1. The maximum absolute atomic E-state index is 9.63. The second kappa shape index (κ2) is 3.77. The summed E-state index contributed by atoms with van der Waals surface area (Å²) in [7, 11) is 0. The Kier molecular flexibility index (Phi) is 2.40. The van der Waals surface area contributed by atoms with Crippen molar-refractivity contribution in [3.8, 4) is 0 Å². The summed E-state index contributed by atoms with van der Waals surface area (Å²) in [5.41, 5.74) is 3.88. The molecule has 1 aromatic carbocycles. The Morgan fingerprint density at radius 3 is 2.81 bits per heavy atom. The normalized spacial score (nSPS) is 21.8. The summed E-state index contributed by atoms with van der Waals surface area (Å²) in [6, 6.07) is 7.21. The van der Waals surface area contributed by atoms with Crippen molar-refractivity contribution in [3.63, 3.8) is 0 Å². The van der Waals surface area contributed by atoms with Gasteiger partial charge in [-0.25, -0.2) is 0 Å². The first-order valence-corrected chi connectivity index (χ1v) is 6.33. The van der Waals surface area contributed by atoms with E-state index in [-0.39, 0.29) is 6.10 Å². The predicted molar refractivity (Wildman–Crippen MR) is 65.8 cm³/mol. The fraction of sp³-hybridized carbons (Fsp3) is 0.571. The highest BCUT2D eigenvalue weighted by Crippen LogP contribution is 2.37. The summed E-state index contributed by atoms with van der Waals surface area (Å²) in [6.45, 7) is 3.01. The van der Waals surface area contributed by atoms with E-state index < -0.39 is 0 Å². The molecule has 0 spiro atoms. The van der Waals surface area contributed by atoms with Crippen LogP contribution in [0.25, 0.3) is 0 Å². The lowest BCUT2D eigenvalue weighted by Gasteiger charge is -2.37. The van der Waals surface area contributed by atoms with Crippen LogP contribution in [0.5, 0.6) is 0 Å². The molecule has 3 rings (SSSR count). The van der Waals surface area contributed by atoms with Crippen LogP contribution in [-0.2, 0) is 6.42 Å². The highest BCUT2D eigenvalue weighted by Gasteiger charge is 2.30. The van der Waals surface area contributed by atoms with Gasteiger partial charge in [-0.3, -0.25) is 0 Å². The molecule has 1 heterocycles. The van der Waals surface area contributed by atoms with Gasteiger partial charge in [0.2, 0.25) is 0 Å². The molecule has 0 amide bonds. The average molecular weight is 217 g/mol. The maximum atomic E-state index is 9.63. The highest BCUT2D eigenvalue weighted by atomic mass is 16.3. The Morgan fingerprint density at radius 2 is 2.19 bits per heavy atom. The van der Waals surface area contributed by atoms with Crippen LogP contribution in [0.4, 0.5) is 5.69 Å². The fourth-order valence-corrected chi connectivity index (χ4v) is 2.76. The average Bonchev–Trinajstić information content (AvgIpc) is 2.59. The topological polar surface area (TPSA) is 23.5 Å². The number of fused-ring (bicyclic) bond motifs is 1. The summed E-state index contributed by atoms with van der Waals surface area (Å²) in [5, 5.41) is 9.63. The number of aliphatic hydroxyl groups excluding tert-OH is 1. The van der Waals surface area contributed by atoms with Crippen molar-refractivity contribution in [1.29, 1.82) is 0 Å². The van der Waals surface area contributed by atoms with Gasteiger partial charge in [-0.1, -0.05) is 12.1 Å². The van der Waals surface area contributed by atoms with Crippen molar-refractivity contribution >= 4 is 5.69 Å². The molecule has 1 fully saturated rings. The molecule has 2 nitrogen and oxygen atoms in total. The molecule has 1 unspecified atom stereocenters. The number of benzene rings is 1. The maximum Gasteiger partial charge on any atom is 0.0762 e. The molecule has 1 aliphatic heterocycles. The van der Waals surface area contributed by atoms with Crippen LogP contribution in [0.15, 0.2) is 18.2 Å². The first kappa shape index (κ1) is 10.2. The number of aliphatic hydroxyl groups is 1. The molecule has 1 aliphatic carbocycles. The molecule has 1 aromatic rings. The second-order valence-electron chi connectivity index (χ2n) is 5.09. The quantitative estimate of drug-likeness (QED) is 0.823. The van der Waals surface area contributed by atoms with Gasteiger partial charge in [-0.2, -0.15) is 0 Å². The van der Waals surface area contributed by atoms with Gasteiger partial charge in [0.1, 0.15) is 0 Å². The van der Waals surface area contributed by atoms with Crippen LogP contribution in [0.3, 0.4) is 0 Å². The predicted octanol–water partition coefficient (Wildman–Crippen LogP) is 2.65. The minimum absolute atomic E-state index is 0.353. The van der Waals surface area contributed by atoms with E-state index in [2.05, 4.69) is 23.1 Å². The molecule has 2 heteroatoms. The van der Waals surface area contributed by atoms with Gasteiger partial charge in [0.15, 0.2) is 0 Å². The number of hydrogen-bond donors (Lipinski definition) is 1. The van der Waals surface area contributed by atoms with Crippen LogP contribution >= 0.6 is 0 Å². The summed E-state index contributed by atoms with van der Waals surface area (Å²) >= 11 is 0. The highest BCUT2D eigenvalue weighted by molar-refractivity contribution is 5.60. The number of anilines is 1. The lowest BCUT2D eigenvalue weighted by Crippen LogP contribution is -2.38. The van der Waals surface area contributed by atoms with E-state index in [0.717, 1.165) is 11.6 Å². The van der Waals surface area contributed by atoms with Gasteiger partial charge in [0, 0.05) is 18.3 Å². The Morgan fingerprint density at radius 1 is 1.38 bits per heavy atom. The van der Waals surface area contributed by atoms with Gasteiger partial charge >= 0.3 is 0 Å². The molecular weight excluding hydrogens is 198 g/mol. The van der Waals surface area contributed by atoms with Crippen molar-refractivity contribution in [3.05, 3.63) is 29.3 Å². The molecule has 2 aliphatic rings. The van der Waals surface area contributed by atoms with Gasteiger partial charge in [0.05, 0.1) is 6.10 Å². The summed E-state index contributed by atoms with van der Waals surface area (Å²) in [5.74, 6) is 0. The summed E-state index contributed by atoms with van der Waals surface area (Å²) in [6.07, 6.45) is 4.89. The Labute approximate surface area is 96.9 Å². The van der Waals surface area contributed by atoms with E-state index in [1.165, 1.54) is 43.5 Å². The van der Waals surface area contributed by atoms with Crippen molar-refractivity contribution in [2.75, 3.05) is 11.4 Å². The molecule has 0 aromatic heterocycles. The molecular formula is C14H19NO. The third kappa shape index (κ3) is 1.52. The van der Waals surface area contributed by atoms with E-state index in [0.29, 0.717) is 0 Å². The number of hydrogen-bond acceptors (Lipinski definition) is 2. The summed E-state index contributed by atoms with van der Waals surface area (Å²) < 4.78 is 0. The Hall–Kier alpha value is -1.02. The molecule has 1 atom stereocenters. The summed E-state index contributed by atoms with van der Waals surface area (Å²) in [4.78, 5) is 2.55. The largest absolute Gasteiger partial charge is 0.389 e. The molecule has 1 N–H and O–H groups in total. The third-order valence-electron chi connectivity index (χ3n) is 4.04. The minimum Gasteiger partial charge on any atom is -0.389 e. The van der Waals surface area contributed by atoms with Crippen molar-refractivity contribution in [2.45, 2.75) is 44.8 Å². The Balaban J connectivity index is 1.93. The SMILES string of the molecule is CC(O)c1ccc2c(c1)N(C1CCC1)CC2. The molecule has 0 radical (unpaired) electrons. The fourth-order valence-electron chi connectivity index (χ4n) is 2.76. The lowest BCUT2D eigenvalue weighted by molar-refractivity contribution is 0.199. The van der Waals surface area contributed by atoms with Gasteiger partial charge in [0.25, 0.3) is 0 Å². The van der Waals surface area contributed by atoms with Crippen molar-refractivity contribution in [1.82, 2.24) is 0 Å². The van der Waals surface area contributed by atoms with E-state index in [4.69, 9.17) is 0 Å². The smallest absolute Gasteiger partial charge is 0.0762 e. The molecule has 1 saturated carbocycles. The first-order chi connectivity index (χ1) is 7.75. The van der Waals surface area contributed by atoms with Crippen molar-refractivity contribution in [2.24, 2.45) is 0 Å². The van der Waals surface area contributed by atoms with Crippen molar-refractivity contribution < 1.29 is 5.11 Å². The van der Waals surface area contributed by atoms with E-state index >= 15 is 0 Å². The monoisotopic (exact) mass is 217 g/mol. The van der Waals surface area contributed by atoms with Crippen LogP contribution in [-0.4, -0.2) is 17.7 Å². The standard InChI is InChI=1S/C14H19NO/c1-10(16)12-6-5-11-7-8-15(14(11)9-12)13-3-2-4-13/h5-6,9-10,13,16H,2-4,7-8H2,1H3. The van der Waals surface area contributed by atoms with Crippen LogP contribution in [0.1, 0.15) is 43.4 Å². The van der Waals surface area contributed by atoms with E-state index in [1.54, 1.807) is 0 Å². The number of rotatable bonds is 2.